The van der Waals surface area contributed by atoms with Crippen LogP contribution in [-0.2, 0) is 14.8 Å². The first-order valence-corrected chi connectivity index (χ1v) is 7.73. The van der Waals surface area contributed by atoms with Crippen LogP contribution in [0.15, 0.2) is 53.4 Å². The van der Waals surface area contributed by atoms with Crippen LogP contribution >= 0.6 is 0 Å². The predicted octanol–water partition coefficient (Wildman–Crippen LogP) is 2.44. The minimum atomic E-state index is -3.87. The lowest BCUT2D eigenvalue weighted by molar-refractivity contribution is 0.0600. The van der Waals surface area contributed by atoms with Gasteiger partial charge in [0.1, 0.15) is 5.82 Å². The molecular weight excluding hydrogens is 309 g/mol. The van der Waals surface area contributed by atoms with Crippen molar-refractivity contribution in [1.29, 1.82) is 0 Å². The molecule has 22 heavy (non-hydrogen) atoms. The third kappa shape index (κ3) is 3.09. The second-order valence-electron chi connectivity index (χ2n) is 4.47. The van der Waals surface area contributed by atoms with Crippen molar-refractivity contribution in [2.75, 3.05) is 18.5 Å². The first-order valence-electron chi connectivity index (χ1n) is 6.29. The maximum absolute atomic E-state index is 12.9. The summed E-state index contributed by atoms with van der Waals surface area (Å²) in [5, 5.41) is 0. The quantitative estimate of drug-likeness (QED) is 0.811. The van der Waals surface area contributed by atoms with E-state index in [4.69, 9.17) is 0 Å². The van der Waals surface area contributed by atoms with Crippen molar-refractivity contribution in [2.45, 2.75) is 4.90 Å². The Kier molecular flexibility index (Phi) is 4.46. The van der Waals surface area contributed by atoms with E-state index >= 15 is 0 Å². The maximum Gasteiger partial charge on any atom is 0.337 e. The molecule has 0 amide bonds. The Morgan fingerprint density at radius 1 is 1.14 bits per heavy atom. The molecule has 2 aromatic rings. The number of methoxy groups -OCH3 is 1. The molecule has 0 atom stereocenters. The van der Waals surface area contributed by atoms with Gasteiger partial charge in [0.2, 0.25) is 0 Å². The van der Waals surface area contributed by atoms with E-state index in [1.54, 1.807) is 0 Å². The van der Waals surface area contributed by atoms with Gasteiger partial charge in [0.05, 0.1) is 23.3 Å². The number of benzene rings is 2. The molecule has 0 saturated heterocycles. The largest absolute Gasteiger partial charge is 0.465 e. The summed E-state index contributed by atoms with van der Waals surface area (Å²) in [4.78, 5) is 11.4. The highest BCUT2D eigenvalue weighted by Gasteiger charge is 2.22. The molecule has 0 aliphatic rings. The number of rotatable bonds is 4. The van der Waals surface area contributed by atoms with E-state index in [0.717, 1.165) is 4.31 Å². The number of nitrogens with zero attached hydrogens (tertiary/aromatic N) is 1. The number of hydrogen-bond acceptors (Lipinski definition) is 4. The van der Waals surface area contributed by atoms with Gasteiger partial charge in [-0.05, 0) is 42.5 Å². The van der Waals surface area contributed by atoms with E-state index in [0.29, 0.717) is 5.69 Å². The third-order valence-electron chi connectivity index (χ3n) is 3.10. The van der Waals surface area contributed by atoms with Gasteiger partial charge in [0, 0.05) is 7.05 Å². The van der Waals surface area contributed by atoms with Crippen molar-refractivity contribution in [1.82, 2.24) is 0 Å². The van der Waals surface area contributed by atoms with E-state index in [2.05, 4.69) is 4.74 Å². The molecule has 0 aliphatic carbocycles. The highest BCUT2D eigenvalue weighted by molar-refractivity contribution is 7.92. The van der Waals surface area contributed by atoms with Crippen molar-refractivity contribution < 1.29 is 22.3 Å². The molecule has 0 radical (unpaired) electrons. The fourth-order valence-corrected chi connectivity index (χ4v) is 3.09. The predicted molar refractivity (Wildman–Crippen MR) is 79.8 cm³/mol. The van der Waals surface area contributed by atoms with Gasteiger partial charge in [-0.25, -0.2) is 17.6 Å². The summed E-state index contributed by atoms with van der Waals surface area (Å²) in [5.41, 5.74) is 0.445. The Balaban J connectivity index is 2.41. The number of sulfonamides is 1. The molecule has 0 aromatic heterocycles. The first-order chi connectivity index (χ1) is 10.4. The zero-order valence-electron chi connectivity index (χ0n) is 12.0. The van der Waals surface area contributed by atoms with Gasteiger partial charge in [-0.3, -0.25) is 4.31 Å². The number of anilines is 1. The molecule has 0 unspecified atom stereocenters. The van der Waals surface area contributed by atoms with Gasteiger partial charge in [-0.15, -0.1) is 0 Å². The van der Waals surface area contributed by atoms with Crippen LogP contribution in [-0.4, -0.2) is 28.5 Å². The van der Waals surface area contributed by atoms with E-state index < -0.39 is 21.8 Å². The summed E-state index contributed by atoms with van der Waals surface area (Å²) in [6, 6.07) is 10.6. The van der Waals surface area contributed by atoms with Gasteiger partial charge in [0.25, 0.3) is 10.0 Å². The number of halogens is 1. The molecular formula is C15H14FNO4S. The second-order valence-corrected chi connectivity index (χ2v) is 6.44. The molecule has 5 nitrogen and oxygen atoms in total. The van der Waals surface area contributed by atoms with E-state index in [-0.39, 0.29) is 10.5 Å². The lowest BCUT2D eigenvalue weighted by atomic mass is 10.2. The Bertz CT molecular complexity index is 787. The molecule has 0 spiro atoms. The van der Waals surface area contributed by atoms with Crippen molar-refractivity contribution in [3.63, 3.8) is 0 Å². The smallest absolute Gasteiger partial charge is 0.337 e. The van der Waals surface area contributed by atoms with Crippen LogP contribution in [0.5, 0.6) is 0 Å². The van der Waals surface area contributed by atoms with Gasteiger partial charge >= 0.3 is 5.97 Å². The summed E-state index contributed by atoms with van der Waals surface area (Å²) in [5.74, 6) is -1.08. The number of carbonyl (C=O) groups is 1. The number of esters is 1. The van der Waals surface area contributed by atoms with Crippen molar-refractivity contribution in [2.24, 2.45) is 0 Å². The van der Waals surface area contributed by atoms with Crippen LogP contribution in [0.3, 0.4) is 0 Å². The molecule has 0 N–H and O–H groups in total. The molecule has 0 heterocycles. The third-order valence-corrected chi connectivity index (χ3v) is 4.89. The van der Waals surface area contributed by atoms with Gasteiger partial charge in [-0.1, -0.05) is 6.07 Å². The van der Waals surface area contributed by atoms with E-state index in [1.807, 2.05) is 0 Å². The lowest BCUT2D eigenvalue weighted by Crippen LogP contribution is -2.26. The van der Waals surface area contributed by atoms with Crippen molar-refractivity contribution in [3.05, 3.63) is 59.9 Å². The standard InChI is InChI=1S/C15H14FNO4S/c1-17(13-8-6-12(16)7-9-13)22(19,20)14-5-3-4-11(10-14)15(18)21-2/h3-10H,1-2H3. The van der Waals surface area contributed by atoms with E-state index in [1.165, 1.54) is 62.7 Å². The summed E-state index contributed by atoms with van der Waals surface area (Å²) in [6.07, 6.45) is 0. The number of carbonyl (C=O) groups excluding carboxylic acids is 1. The monoisotopic (exact) mass is 323 g/mol. The van der Waals surface area contributed by atoms with Crippen LogP contribution in [0.1, 0.15) is 10.4 Å². The molecule has 0 saturated carbocycles. The second kappa shape index (κ2) is 6.15. The van der Waals surface area contributed by atoms with Gasteiger partial charge in [0.15, 0.2) is 0 Å². The summed E-state index contributed by atoms with van der Waals surface area (Å²) >= 11 is 0. The van der Waals surface area contributed by atoms with E-state index in [9.17, 15) is 17.6 Å². The normalized spacial score (nSPS) is 11.0. The summed E-state index contributed by atoms with van der Waals surface area (Å²) in [7, 11) is -1.30. The Labute approximate surface area is 128 Å². The van der Waals surface area contributed by atoms with Crippen LogP contribution < -0.4 is 4.31 Å². The molecule has 116 valence electrons. The molecule has 2 aromatic carbocycles. The van der Waals surface area contributed by atoms with Crippen molar-refractivity contribution >= 4 is 21.7 Å². The fourth-order valence-electron chi connectivity index (χ4n) is 1.85. The van der Waals surface area contributed by atoms with Crippen molar-refractivity contribution in [3.8, 4) is 0 Å². The first kappa shape index (κ1) is 16.0. The molecule has 7 heteroatoms. The zero-order chi connectivity index (χ0) is 16.3. The molecule has 0 aliphatic heterocycles. The van der Waals surface area contributed by atoms with Gasteiger partial charge in [-0.2, -0.15) is 0 Å². The average Bonchev–Trinajstić information content (AvgIpc) is 2.54. The van der Waals surface area contributed by atoms with Gasteiger partial charge < -0.3 is 4.74 Å². The summed E-state index contributed by atoms with van der Waals surface area (Å²) < 4.78 is 43.6. The minimum Gasteiger partial charge on any atom is -0.465 e. The van der Waals surface area contributed by atoms with Crippen LogP contribution in [0.2, 0.25) is 0 Å². The molecule has 0 fully saturated rings. The Morgan fingerprint density at radius 2 is 1.77 bits per heavy atom. The van der Waals surface area contributed by atoms with Crippen LogP contribution in [0, 0.1) is 5.82 Å². The minimum absolute atomic E-state index is 0.0535. The Morgan fingerprint density at radius 3 is 2.36 bits per heavy atom. The highest BCUT2D eigenvalue weighted by atomic mass is 32.2. The Hall–Kier alpha value is -2.41. The SMILES string of the molecule is COC(=O)c1cccc(S(=O)(=O)N(C)c2ccc(F)cc2)c1. The number of hydrogen-bond donors (Lipinski definition) is 0. The van der Waals surface area contributed by atoms with Crippen LogP contribution in [0.25, 0.3) is 0 Å². The maximum atomic E-state index is 12.9. The zero-order valence-corrected chi connectivity index (χ0v) is 12.8. The number of ether oxygens (including phenoxy) is 1. The fraction of sp³-hybridized carbons (Fsp3) is 0.133. The summed E-state index contributed by atoms with van der Waals surface area (Å²) in [6.45, 7) is 0. The molecule has 2 rings (SSSR count). The average molecular weight is 323 g/mol. The highest BCUT2D eigenvalue weighted by Crippen LogP contribution is 2.23. The van der Waals surface area contributed by atoms with Crippen LogP contribution in [0.4, 0.5) is 10.1 Å². The molecule has 0 bridgehead atoms. The topological polar surface area (TPSA) is 63.7 Å². The lowest BCUT2D eigenvalue weighted by Gasteiger charge is -2.19.